The fourth-order valence-corrected chi connectivity index (χ4v) is 2.31. The molecule has 2 aromatic carbocycles. The monoisotopic (exact) mass is 318 g/mol. The Labute approximate surface area is 138 Å². The third-order valence-corrected chi connectivity index (χ3v) is 3.46. The molecular weight excluding hydrogens is 296 g/mol. The lowest BCUT2D eigenvalue weighted by atomic mass is 10.0. The van der Waals surface area contributed by atoms with Gasteiger partial charge in [-0.15, -0.1) is 12.4 Å². The van der Waals surface area contributed by atoms with Gasteiger partial charge in [-0.3, -0.25) is 4.79 Å². The van der Waals surface area contributed by atoms with Gasteiger partial charge >= 0.3 is 0 Å². The van der Waals surface area contributed by atoms with Crippen molar-refractivity contribution >= 4 is 24.0 Å². The normalized spacial score (nSPS) is 9.95. The first-order chi connectivity index (χ1) is 10.1. The second-order valence-corrected chi connectivity index (χ2v) is 5.21. The summed E-state index contributed by atoms with van der Waals surface area (Å²) in [7, 11) is 0. The van der Waals surface area contributed by atoms with Gasteiger partial charge in [-0.05, 0) is 43.7 Å². The molecule has 0 saturated carbocycles. The maximum atomic E-state index is 12.4. The van der Waals surface area contributed by atoms with E-state index in [0.29, 0.717) is 0 Å². The highest BCUT2D eigenvalue weighted by molar-refractivity contribution is 6.05. The quantitative estimate of drug-likeness (QED) is 0.872. The average molecular weight is 319 g/mol. The van der Waals surface area contributed by atoms with E-state index < -0.39 is 0 Å². The Morgan fingerprint density at radius 1 is 1.09 bits per heavy atom. The van der Waals surface area contributed by atoms with E-state index in [1.807, 2.05) is 56.3 Å². The molecule has 22 heavy (non-hydrogen) atoms. The zero-order valence-electron chi connectivity index (χ0n) is 13.3. The van der Waals surface area contributed by atoms with Gasteiger partial charge in [0.1, 0.15) is 0 Å². The number of anilines is 1. The minimum absolute atomic E-state index is 0. The number of amides is 1. The van der Waals surface area contributed by atoms with Crippen molar-refractivity contribution in [2.24, 2.45) is 0 Å². The van der Waals surface area contributed by atoms with Crippen LogP contribution in [-0.2, 0) is 6.54 Å². The number of benzene rings is 2. The molecule has 0 aromatic heterocycles. The molecule has 4 heteroatoms. The van der Waals surface area contributed by atoms with Crippen molar-refractivity contribution in [1.29, 1.82) is 0 Å². The number of hydrogen-bond acceptors (Lipinski definition) is 2. The minimum Gasteiger partial charge on any atom is -0.322 e. The molecule has 3 nitrogen and oxygen atoms in total. The summed E-state index contributed by atoms with van der Waals surface area (Å²) >= 11 is 0. The number of carbonyl (C=O) groups is 1. The molecule has 1 amide bonds. The number of carbonyl (C=O) groups excluding carboxylic acids is 1. The average Bonchev–Trinajstić information content (AvgIpc) is 2.46. The minimum atomic E-state index is -0.0588. The molecule has 0 unspecified atom stereocenters. The highest BCUT2D eigenvalue weighted by Crippen LogP contribution is 2.18. The number of hydrogen-bond donors (Lipinski definition) is 2. The predicted octanol–water partition coefficient (Wildman–Crippen LogP) is 4.09. The van der Waals surface area contributed by atoms with Crippen LogP contribution in [0, 0.1) is 13.8 Å². The standard InChI is InChI=1S/C18H22N2O.ClH/c1-4-19-12-15-7-5-6-8-17(15)20-18(21)16-10-9-13(2)11-14(16)3;/h5-11,19H,4,12H2,1-3H3,(H,20,21);1H. The third kappa shape index (κ3) is 4.58. The van der Waals surface area contributed by atoms with Gasteiger partial charge in [-0.25, -0.2) is 0 Å². The second kappa shape index (κ2) is 8.57. The Hall–Kier alpha value is -1.84. The molecule has 0 saturated heterocycles. The Morgan fingerprint density at radius 2 is 1.82 bits per heavy atom. The van der Waals surface area contributed by atoms with Crippen LogP contribution in [0.1, 0.15) is 34.0 Å². The van der Waals surface area contributed by atoms with E-state index in [1.165, 1.54) is 0 Å². The maximum Gasteiger partial charge on any atom is 0.255 e. The van der Waals surface area contributed by atoms with Gasteiger partial charge in [0.15, 0.2) is 0 Å². The molecule has 0 fully saturated rings. The summed E-state index contributed by atoms with van der Waals surface area (Å²) in [5, 5.41) is 6.30. The smallest absolute Gasteiger partial charge is 0.255 e. The molecule has 118 valence electrons. The van der Waals surface area contributed by atoms with Crippen LogP contribution >= 0.6 is 12.4 Å². The Bertz CT molecular complexity index is 641. The number of aryl methyl sites for hydroxylation is 2. The second-order valence-electron chi connectivity index (χ2n) is 5.21. The van der Waals surface area contributed by atoms with Crippen LogP contribution in [0.2, 0.25) is 0 Å². The van der Waals surface area contributed by atoms with Gasteiger partial charge in [-0.2, -0.15) is 0 Å². The lowest BCUT2D eigenvalue weighted by molar-refractivity contribution is 0.102. The first-order valence-electron chi connectivity index (χ1n) is 7.29. The van der Waals surface area contributed by atoms with Crippen LogP contribution in [-0.4, -0.2) is 12.5 Å². The molecule has 0 aliphatic rings. The molecule has 2 N–H and O–H groups in total. The fourth-order valence-electron chi connectivity index (χ4n) is 2.31. The van der Waals surface area contributed by atoms with Crippen LogP contribution in [0.5, 0.6) is 0 Å². The molecule has 0 aliphatic carbocycles. The summed E-state index contributed by atoms with van der Waals surface area (Å²) in [4.78, 5) is 12.4. The highest BCUT2D eigenvalue weighted by Gasteiger charge is 2.11. The lowest BCUT2D eigenvalue weighted by Crippen LogP contribution is -2.17. The summed E-state index contributed by atoms with van der Waals surface area (Å²) in [5.74, 6) is -0.0588. The number of para-hydroxylation sites is 1. The van der Waals surface area contributed by atoms with Crippen LogP contribution in [0.4, 0.5) is 5.69 Å². The van der Waals surface area contributed by atoms with E-state index in [9.17, 15) is 4.79 Å². The molecule has 0 aliphatic heterocycles. The number of rotatable bonds is 5. The number of nitrogens with one attached hydrogen (secondary N) is 2. The summed E-state index contributed by atoms with van der Waals surface area (Å²) < 4.78 is 0. The first kappa shape index (κ1) is 18.2. The van der Waals surface area contributed by atoms with E-state index in [-0.39, 0.29) is 18.3 Å². The summed E-state index contributed by atoms with van der Waals surface area (Å²) in [6.07, 6.45) is 0. The topological polar surface area (TPSA) is 41.1 Å². The fraction of sp³-hybridized carbons (Fsp3) is 0.278. The Balaban J connectivity index is 0.00000242. The molecule has 2 aromatic rings. The molecule has 2 rings (SSSR count). The molecule has 0 radical (unpaired) electrons. The van der Waals surface area contributed by atoms with Gasteiger partial charge in [0.2, 0.25) is 0 Å². The third-order valence-electron chi connectivity index (χ3n) is 3.46. The molecule has 0 atom stereocenters. The van der Waals surface area contributed by atoms with Crippen molar-refractivity contribution in [1.82, 2.24) is 5.32 Å². The Kier molecular flexibility index (Phi) is 7.09. The van der Waals surface area contributed by atoms with Crippen molar-refractivity contribution in [3.63, 3.8) is 0 Å². The van der Waals surface area contributed by atoms with E-state index in [2.05, 4.69) is 17.6 Å². The lowest BCUT2D eigenvalue weighted by Gasteiger charge is -2.12. The maximum absolute atomic E-state index is 12.4. The van der Waals surface area contributed by atoms with E-state index in [4.69, 9.17) is 0 Å². The Morgan fingerprint density at radius 3 is 2.50 bits per heavy atom. The summed E-state index contributed by atoms with van der Waals surface area (Å²) in [6.45, 7) is 7.71. The van der Waals surface area contributed by atoms with Crippen LogP contribution < -0.4 is 10.6 Å². The first-order valence-corrected chi connectivity index (χ1v) is 7.29. The zero-order valence-corrected chi connectivity index (χ0v) is 14.1. The van der Waals surface area contributed by atoms with E-state index in [1.54, 1.807) is 0 Å². The van der Waals surface area contributed by atoms with Crippen LogP contribution in [0.15, 0.2) is 42.5 Å². The van der Waals surface area contributed by atoms with Crippen molar-refractivity contribution in [3.05, 3.63) is 64.7 Å². The predicted molar refractivity (Wildman–Crippen MR) is 94.9 cm³/mol. The van der Waals surface area contributed by atoms with Crippen molar-refractivity contribution in [3.8, 4) is 0 Å². The van der Waals surface area contributed by atoms with Gasteiger partial charge in [-0.1, -0.05) is 42.8 Å². The van der Waals surface area contributed by atoms with Gasteiger partial charge < -0.3 is 10.6 Å². The molecule has 0 heterocycles. The molecular formula is C18H23ClN2O. The van der Waals surface area contributed by atoms with Gasteiger partial charge in [0.05, 0.1) is 0 Å². The van der Waals surface area contributed by atoms with Crippen LogP contribution in [0.25, 0.3) is 0 Å². The molecule has 0 spiro atoms. The number of halogens is 1. The summed E-state index contributed by atoms with van der Waals surface area (Å²) in [6, 6.07) is 13.8. The summed E-state index contributed by atoms with van der Waals surface area (Å²) in [5.41, 5.74) is 4.84. The van der Waals surface area contributed by atoms with E-state index >= 15 is 0 Å². The van der Waals surface area contributed by atoms with Crippen molar-refractivity contribution in [2.75, 3.05) is 11.9 Å². The van der Waals surface area contributed by atoms with Crippen LogP contribution in [0.3, 0.4) is 0 Å². The van der Waals surface area contributed by atoms with Gasteiger partial charge in [0, 0.05) is 17.8 Å². The SMILES string of the molecule is CCNCc1ccccc1NC(=O)c1ccc(C)cc1C.Cl. The van der Waals surface area contributed by atoms with Gasteiger partial charge in [0.25, 0.3) is 5.91 Å². The van der Waals surface area contributed by atoms with Crippen molar-refractivity contribution in [2.45, 2.75) is 27.3 Å². The zero-order chi connectivity index (χ0) is 15.2. The van der Waals surface area contributed by atoms with E-state index in [0.717, 1.165) is 41.0 Å². The molecule has 0 bridgehead atoms. The largest absolute Gasteiger partial charge is 0.322 e. The van der Waals surface area contributed by atoms with Crippen molar-refractivity contribution < 1.29 is 4.79 Å². The highest BCUT2D eigenvalue weighted by atomic mass is 35.5.